The van der Waals surface area contributed by atoms with Gasteiger partial charge in [0.05, 0.1) is 18.8 Å². The van der Waals surface area contributed by atoms with Crippen molar-refractivity contribution in [1.29, 1.82) is 0 Å². The van der Waals surface area contributed by atoms with E-state index in [1.54, 1.807) is 24.3 Å². The Kier molecular flexibility index (Phi) is 4.67. The Morgan fingerprint density at radius 3 is 2.64 bits per heavy atom. The number of rotatable bonds is 3. The molecule has 0 fully saturated rings. The minimum Gasteiger partial charge on any atom is -0.493 e. The highest BCUT2D eigenvalue weighted by atomic mass is 19.1. The van der Waals surface area contributed by atoms with Gasteiger partial charge in [-0.3, -0.25) is 9.59 Å². The van der Waals surface area contributed by atoms with Crippen molar-refractivity contribution in [3.05, 3.63) is 59.9 Å². The summed E-state index contributed by atoms with van der Waals surface area (Å²) in [5, 5.41) is 15.4. The SMILES string of the molecule is O=C(NCC1(O)CCOc2ccccc21)C(=O)Nc1ccccc1F. The van der Waals surface area contributed by atoms with Gasteiger partial charge in [-0.15, -0.1) is 0 Å². The minimum atomic E-state index is -1.33. The Bertz CT molecular complexity index is 811. The van der Waals surface area contributed by atoms with E-state index in [1.165, 1.54) is 24.3 Å². The number of ether oxygens (including phenoxy) is 1. The molecule has 2 amide bonds. The molecule has 1 heterocycles. The standard InChI is InChI=1S/C18H17FN2O4/c19-13-6-2-3-7-14(13)21-17(23)16(22)20-11-18(24)9-10-25-15-8-4-1-5-12(15)18/h1-8,24H,9-11H2,(H,20,22)(H,21,23). The molecule has 1 aliphatic heterocycles. The molecule has 25 heavy (non-hydrogen) atoms. The van der Waals surface area contributed by atoms with Gasteiger partial charge in [-0.2, -0.15) is 0 Å². The fourth-order valence-corrected chi connectivity index (χ4v) is 2.67. The summed E-state index contributed by atoms with van der Waals surface area (Å²) in [5.41, 5.74) is -0.864. The van der Waals surface area contributed by atoms with Crippen molar-refractivity contribution in [3.63, 3.8) is 0 Å². The quantitative estimate of drug-likeness (QED) is 0.737. The number of aliphatic hydroxyl groups is 1. The first-order valence-corrected chi connectivity index (χ1v) is 7.78. The Labute approximate surface area is 143 Å². The van der Waals surface area contributed by atoms with E-state index < -0.39 is 23.2 Å². The third kappa shape index (κ3) is 3.61. The molecular weight excluding hydrogens is 327 g/mol. The van der Waals surface area contributed by atoms with Crippen LogP contribution in [0.15, 0.2) is 48.5 Å². The zero-order valence-electron chi connectivity index (χ0n) is 13.3. The lowest BCUT2D eigenvalue weighted by atomic mass is 9.88. The van der Waals surface area contributed by atoms with Gasteiger partial charge in [-0.25, -0.2) is 4.39 Å². The zero-order chi connectivity index (χ0) is 17.9. The third-order valence-electron chi connectivity index (χ3n) is 4.03. The number of nitrogens with one attached hydrogen (secondary N) is 2. The van der Waals surface area contributed by atoms with Crippen molar-refractivity contribution in [2.75, 3.05) is 18.5 Å². The minimum absolute atomic E-state index is 0.0854. The summed E-state index contributed by atoms with van der Waals surface area (Å²) in [4.78, 5) is 23.9. The van der Waals surface area contributed by atoms with Crippen LogP contribution >= 0.6 is 0 Å². The molecule has 1 unspecified atom stereocenters. The Morgan fingerprint density at radius 2 is 1.84 bits per heavy atom. The highest BCUT2D eigenvalue weighted by Gasteiger charge is 2.36. The molecule has 7 heteroatoms. The fraction of sp³-hybridized carbons (Fsp3) is 0.222. The number of hydrogen-bond donors (Lipinski definition) is 3. The van der Waals surface area contributed by atoms with Gasteiger partial charge < -0.3 is 20.5 Å². The van der Waals surface area contributed by atoms with Crippen LogP contribution in [0, 0.1) is 5.82 Å². The third-order valence-corrected chi connectivity index (χ3v) is 4.03. The largest absolute Gasteiger partial charge is 0.493 e. The highest BCUT2D eigenvalue weighted by molar-refractivity contribution is 6.39. The van der Waals surface area contributed by atoms with Gasteiger partial charge in [0.15, 0.2) is 0 Å². The average Bonchev–Trinajstić information content (AvgIpc) is 2.62. The number of fused-ring (bicyclic) bond motifs is 1. The normalized spacial score (nSPS) is 18.6. The predicted molar refractivity (Wildman–Crippen MR) is 88.5 cm³/mol. The Balaban J connectivity index is 1.64. The molecule has 0 radical (unpaired) electrons. The lowest BCUT2D eigenvalue weighted by Crippen LogP contribution is -2.46. The van der Waals surface area contributed by atoms with Crippen LogP contribution in [0.4, 0.5) is 10.1 Å². The molecule has 2 aromatic carbocycles. The monoisotopic (exact) mass is 344 g/mol. The molecule has 0 bridgehead atoms. The molecule has 2 aromatic rings. The molecule has 1 atom stereocenters. The van der Waals surface area contributed by atoms with Crippen LogP contribution in [-0.2, 0) is 15.2 Å². The summed E-state index contributed by atoms with van der Waals surface area (Å²) in [6, 6.07) is 12.5. The molecular formula is C18H17FN2O4. The highest BCUT2D eigenvalue weighted by Crippen LogP contribution is 2.36. The van der Waals surface area contributed by atoms with E-state index >= 15 is 0 Å². The van der Waals surface area contributed by atoms with Crippen LogP contribution in [0.3, 0.4) is 0 Å². The number of anilines is 1. The fourth-order valence-electron chi connectivity index (χ4n) is 2.67. The number of halogens is 1. The van der Waals surface area contributed by atoms with Gasteiger partial charge in [-0.05, 0) is 18.2 Å². The molecule has 3 rings (SSSR count). The van der Waals surface area contributed by atoms with Gasteiger partial charge in [0.25, 0.3) is 0 Å². The topological polar surface area (TPSA) is 87.7 Å². The average molecular weight is 344 g/mol. The van der Waals surface area contributed by atoms with E-state index in [0.717, 1.165) is 0 Å². The summed E-state index contributed by atoms with van der Waals surface area (Å²) in [6.07, 6.45) is 0.277. The van der Waals surface area contributed by atoms with E-state index in [1.807, 2.05) is 0 Å². The second-order valence-corrected chi connectivity index (χ2v) is 5.74. The molecule has 0 saturated carbocycles. The molecule has 0 saturated heterocycles. The second-order valence-electron chi connectivity index (χ2n) is 5.74. The molecule has 6 nitrogen and oxygen atoms in total. The van der Waals surface area contributed by atoms with Crippen molar-refractivity contribution in [1.82, 2.24) is 5.32 Å². The first-order valence-electron chi connectivity index (χ1n) is 7.78. The van der Waals surface area contributed by atoms with E-state index in [9.17, 15) is 19.1 Å². The number of benzene rings is 2. The van der Waals surface area contributed by atoms with Crippen LogP contribution in [0.25, 0.3) is 0 Å². The van der Waals surface area contributed by atoms with E-state index in [4.69, 9.17) is 4.74 Å². The lowest BCUT2D eigenvalue weighted by molar-refractivity contribution is -0.137. The first kappa shape index (κ1) is 16.9. The van der Waals surface area contributed by atoms with Gasteiger partial charge in [0, 0.05) is 12.0 Å². The molecule has 0 spiro atoms. The Morgan fingerprint density at radius 1 is 1.12 bits per heavy atom. The first-order chi connectivity index (χ1) is 12.0. The van der Waals surface area contributed by atoms with Crippen molar-refractivity contribution >= 4 is 17.5 Å². The van der Waals surface area contributed by atoms with E-state index in [0.29, 0.717) is 17.9 Å². The molecule has 0 aliphatic carbocycles. The second kappa shape index (κ2) is 6.90. The van der Waals surface area contributed by atoms with Gasteiger partial charge in [-0.1, -0.05) is 30.3 Å². The summed E-state index contributed by atoms with van der Waals surface area (Å²) in [6.45, 7) is 0.141. The maximum atomic E-state index is 13.5. The van der Waals surface area contributed by atoms with E-state index in [2.05, 4.69) is 10.6 Å². The molecule has 0 aromatic heterocycles. The summed E-state index contributed by atoms with van der Waals surface area (Å²) in [7, 11) is 0. The molecule has 130 valence electrons. The Hall–Kier alpha value is -2.93. The number of hydrogen-bond acceptors (Lipinski definition) is 4. The maximum Gasteiger partial charge on any atom is 0.313 e. The van der Waals surface area contributed by atoms with Gasteiger partial charge >= 0.3 is 11.8 Å². The van der Waals surface area contributed by atoms with Crippen LogP contribution in [-0.4, -0.2) is 30.1 Å². The van der Waals surface area contributed by atoms with Crippen LogP contribution in [0.5, 0.6) is 5.75 Å². The van der Waals surface area contributed by atoms with Crippen molar-refractivity contribution < 1.29 is 23.8 Å². The van der Waals surface area contributed by atoms with Crippen molar-refractivity contribution in [3.8, 4) is 5.75 Å². The predicted octanol–water partition coefficient (Wildman–Crippen LogP) is 1.55. The smallest absolute Gasteiger partial charge is 0.313 e. The van der Waals surface area contributed by atoms with Gasteiger partial charge in [0.2, 0.25) is 0 Å². The van der Waals surface area contributed by atoms with Crippen molar-refractivity contribution in [2.45, 2.75) is 12.0 Å². The summed E-state index contributed by atoms with van der Waals surface area (Å²) in [5.74, 6) is -2.06. The number of amides is 2. The summed E-state index contributed by atoms with van der Waals surface area (Å²) < 4.78 is 19.0. The van der Waals surface area contributed by atoms with Crippen LogP contribution in [0.2, 0.25) is 0 Å². The number of carbonyl (C=O) groups excluding carboxylic acids is 2. The van der Waals surface area contributed by atoms with Crippen LogP contribution < -0.4 is 15.4 Å². The summed E-state index contributed by atoms with van der Waals surface area (Å²) >= 11 is 0. The number of para-hydroxylation sites is 2. The molecule has 3 N–H and O–H groups in total. The zero-order valence-corrected chi connectivity index (χ0v) is 13.3. The van der Waals surface area contributed by atoms with Crippen LogP contribution in [0.1, 0.15) is 12.0 Å². The lowest BCUT2D eigenvalue weighted by Gasteiger charge is -2.34. The van der Waals surface area contributed by atoms with Crippen molar-refractivity contribution in [2.24, 2.45) is 0 Å². The number of carbonyl (C=O) groups is 2. The van der Waals surface area contributed by atoms with E-state index in [-0.39, 0.29) is 18.7 Å². The van der Waals surface area contributed by atoms with Gasteiger partial charge in [0.1, 0.15) is 17.2 Å². The molecule has 1 aliphatic rings. The maximum absolute atomic E-state index is 13.5.